The molecule has 0 unspecified atom stereocenters. The maximum Gasteiger partial charge on any atom is 0.416 e. The van der Waals surface area contributed by atoms with Gasteiger partial charge in [-0.25, -0.2) is 0 Å². The fraction of sp³-hybridized carbons (Fsp3) is 0.240. The first-order chi connectivity index (χ1) is 16.4. The van der Waals surface area contributed by atoms with Crippen molar-refractivity contribution in [3.63, 3.8) is 0 Å². The number of hydrogen-bond donors (Lipinski definition) is 0. The number of benzene rings is 3. The van der Waals surface area contributed by atoms with Crippen LogP contribution < -0.4 is 4.18 Å². The summed E-state index contributed by atoms with van der Waals surface area (Å²) >= 11 is 6.20. The van der Waals surface area contributed by atoms with Crippen LogP contribution in [-0.4, -0.2) is 25.8 Å². The van der Waals surface area contributed by atoms with Crippen LogP contribution in [0.25, 0.3) is 0 Å². The molecule has 0 fully saturated rings. The van der Waals surface area contributed by atoms with Gasteiger partial charge in [-0.3, -0.25) is 4.79 Å². The Morgan fingerprint density at radius 3 is 2.31 bits per heavy atom. The van der Waals surface area contributed by atoms with Crippen LogP contribution >= 0.6 is 11.6 Å². The van der Waals surface area contributed by atoms with Crippen LogP contribution in [0.15, 0.2) is 77.7 Å². The smallest absolute Gasteiger partial charge is 0.379 e. The van der Waals surface area contributed by atoms with Gasteiger partial charge in [0.25, 0.3) is 5.91 Å². The average Bonchev–Trinajstić information content (AvgIpc) is 2.79. The number of amides is 1. The van der Waals surface area contributed by atoms with Crippen molar-refractivity contribution in [1.82, 2.24) is 4.90 Å². The Morgan fingerprint density at radius 1 is 1.00 bits per heavy atom. The van der Waals surface area contributed by atoms with Crippen molar-refractivity contribution >= 4 is 27.6 Å². The molecular formula is C25H23ClF3NO4S. The van der Waals surface area contributed by atoms with E-state index in [1.807, 2.05) is 13.8 Å². The molecule has 0 aliphatic heterocycles. The number of para-hydroxylation sites is 1. The number of carbonyl (C=O) groups is 1. The van der Waals surface area contributed by atoms with Crippen molar-refractivity contribution in [2.45, 2.75) is 31.5 Å². The number of alkyl halides is 3. The molecule has 186 valence electrons. The van der Waals surface area contributed by atoms with Crippen molar-refractivity contribution in [3.8, 4) is 5.75 Å². The molecule has 5 nitrogen and oxygen atoms in total. The molecule has 0 aliphatic rings. The predicted molar refractivity (Wildman–Crippen MR) is 127 cm³/mol. The van der Waals surface area contributed by atoms with Crippen molar-refractivity contribution in [2.75, 3.05) is 6.54 Å². The lowest BCUT2D eigenvalue weighted by molar-refractivity contribution is -0.137. The molecule has 0 saturated heterocycles. The van der Waals surface area contributed by atoms with Crippen LogP contribution in [0.2, 0.25) is 5.02 Å². The van der Waals surface area contributed by atoms with Gasteiger partial charge in [0.2, 0.25) is 0 Å². The third-order valence-corrected chi connectivity index (χ3v) is 6.52. The van der Waals surface area contributed by atoms with Gasteiger partial charge in [-0.15, -0.1) is 0 Å². The summed E-state index contributed by atoms with van der Waals surface area (Å²) in [4.78, 5) is 14.1. The molecule has 0 N–H and O–H groups in total. The van der Waals surface area contributed by atoms with Crippen LogP contribution in [0.3, 0.4) is 0 Å². The molecule has 1 amide bonds. The zero-order chi connectivity index (χ0) is 25.8. The summed E-state index contributed by atoms with van der Waals surface area (Å²) in [6.07, 6.45) is -4.71. The highest BCUT2D eigenvalue weighted by atomic mass is 35.5. The van der Waals surface area contributed by atoms with Gasteiger partial charge in [0, 0.05) is 18.7 Å². The normalized spacial score (nSPS) is 12.0. The third-order valence-electron chi connectivity index (χ3n) is 4.96. The van der Waals surface area contributed by atoms with E-state index in [0.29, 0.717) is 23.7 Å². The van der Waals surface area contributed by atoms with Gasteiger partial charge in [-0.05, 0) is 42.3 Å². The maximum absolute atomic E-state index is 13.2. The molecule has 0 radical (unpaired) electrons. The number of rotatable bonds is 8. The maximum atomic E-state index is 13.2. The minimum Gasteiger partial charge on any atom is -0.379 e. The summed E-state index contributed by atoms with van der Waals surface area (Å²) in [5, 5.41) is 0.280. The molecule has 0 spiro atoms. The fourth-order valence-corrected chi connectivity index (χ4v) is 4.61. The molecule has 3 aromatic rings. The monoisotopic (exact) mass is 525 g/mol. The Balaban J connectivity index is 1.93. The van der Waals surface area contributed by atoms with Crippen LogP contribution in [0, 0.1) is 5.92 Å². The Labute approximate surface area is 207 Å². The lowest BCUT2D eigenvalue weighted by Gasteiger charge is -2.26. The van der Waals surface area contributed by atoms with Gasteiger partial charge in [0.15, 0.2) is 0 Å². The first-order valence-corrected chi connectivity index (χ1v) is 12.4. The van der Waals surface area contributed by atoms with E-state index in [1.165, 1.54) is 17.0 Å². The molecular weight excluding hydrogens is 503 g/mol. The van der Waals surface area contributed by atoms with E-state index in [1.54, 1.807) is 36.4 Å². The van der Waals surface area contributed by atoms with Crippen molar-refractivity contribution in [2.24, 2.45) is 5.92 Å². The van der Waals surface area contributed by atoms with Gasteiger partial charge in [0.05, 0.1) is 16.1 Å². The van der Waals surface area contributed by atoms with E-state index in [2.05, 4.69) is 0 Å². The van der Waals surface area contributed by atoms with Gasteiger partial charge in [-0.1, -0.05) is 61.8 Å². The molecule has 3 rings (SSSR count). The molecule has 0 aromatic heterocycles. The molecule has 3 aromatic carbocycles. The molecule has 10 heteroatoms. The number of carbonyl (C=O) groups excluding carboxylic acids is 1. The van der Waals surface area contributed by atoms with Crippen molar-refractivity contribution < 1.29 is 30.6 Å². The van der Waals surface area contributed by atoms with Gasteiger partial charge < -0.3 is 9.08 Å². The van der Waals surface area contributed by atoms with E-state index in [-0.39, 0.29) is 29.1 Å². The van der Waals surface area contributed by atoms with E-state index < -0.39 is 26.8 Å². The highest BCUT2D eigenvalue weighted by Crippen LogP contribution is 2.32. The fourth-order valence-electron chi connectivity index (χ4n) is 3.38. The highest BCUT2D eigenvalue weighted by molar-refractivity contribution is 7.87. The second kappa shape index (κ2) is 10.7. The lowest BCUT2D eigenvalue weighted by Crippen LogP contribution is -2.34. The molecule has 0 bridgehead atoms. The van der Waals surface area contributed by atoms with E-state index >= 15 is 0 Å². The largest absolute Gasteiger partial charge is 0.416 e. The third kappa shape index (κ3) is 6.76. The van der Waals surface area contributed by atoms with Crippen molar-refractivity contribution in [3.05, 3.63) is 94.5 Å². The number of halogens is 4. The Morgan fingerprint density at radius 2 is 1.66 bits per heavy atom. The minimum atomic E-state index is -4.71. The van der Waals surface area contributed by atoms with E-state index in [9.17, 15) is 26.4 Å². The summed E-state index contributed by atoms with van der Waals surface area (Å²) in [7, 11) is -4.58. The van der Waals surface area contributed by atoms with Crippen LogP contribution in [-0.2, 0) is 22.8 Å². The summed E-state index contributed by atoms with van der Waals surface area (Å²) in [5.41, 5.74) is -0.446. The van der Waals surface area contributed by atoms with Crippen LogP contribution in [0.5, 0.6) is 5.75 Å². The van der Waals surface area contributed by atoms with E-state index in [4.69, 9.17) is 15.8 Å². The van der Waals surface area contributed by atoms with Gasteiger partial charge >= 0.3 is 16.3 Å². The van der Waals surface area contributed by atoms with Crippen molar-refractivity contribution in [1.29, 1.82) is 0 Å². The number of nitrogens with zero attached hydrogens (tertiary/aromatic N) is 1. The molecule has 35 heavy (non-hydrogen) atoms. The Bertz CT molecular complexity index is 1310. The zero-order valence-electron chi connectivity index (χ0n) is 18.9. The topological polar surface area (TPSA) is 63.7 Å². The first-order valence-electron chi connectivity index (χ1n) is 10.6. The molecule has 0 heterocycles. The van der Waals surface area contributed by atoms with Gasteiger partial charge in [-0.2, -0.15) is 21.6 Å². The van der Waals surface area contributed by atoms with Crippen LogP contribution in [0.1, 0.15) is 35.3 Å². The first kappa shape index (κ1) is 26.6. The summed E-state index contributed by atoms with van der Waals surface area (Å²) < 4.78 is 70.0. The molecule has 0 aliphatic carbocycles. The summed E-state index contributed by atoms with van der Waals surface area (Å²) in [6.45, 7) is 4.19. The average molecular weight is 526 g/mol. The van der Waals surface area contributed by atoms with Gasteiger partial charge in [0.1, 0.15) is 10.6 Å². The van der Waals surface area contributed by atoms with E-state index in [0.717, 1.165) is 18.2 Å². The summed E-state index contributed by atoms with van der Waals surface area (Å²) in [6, 6.07) is 16.0. The van der Waals surface area contributed by atoms with Crippen LogP contribution in [0.4, 0.5) is 13.2 Å². The standard InChI is InChI=1S/C25H23ClF3NO4S/c1-17(2)15-30(24(31)21-11-4-5-12-22(21)26)16-18-8-3-6-13-23(18)34-35(32,33)20-10-7-9-19(14-20)25(27,28)29/h3-14,17H,15-16H2,1-2H3. The minimum absolute atomic E-state index is 0.00345. The lowest BCUT2D eigenvalue weighted by atomic mass is 10.1. The SMILES string of the molecule is CC(C)CN(Cc1ccccc1OS(=O)(=O)c1cccc(C(F)(F)F)c1)C(=O)c1ccccc1Cl. The quantitative estimate of drug-likeness (QED) is 0.318. The Hall–Kier alpha value is -3.04. The molecule has 0 atom stereocenters. The highest BCUT2D eigenvalue weighted by Gasteiger charge is 2.32. The predicted octanol–water partition coefficient (Wildman–Crippen LogP) is 6.42. The summed E-state index contributed by atoms with van der Waals surface area (Å²) in [5.74, 6) is -0.353. The number of hydrogen-bond acceptors (Lipinski definition) is 4. The Kier molecular flexibility index (Phi) is 8.12. The molecule has 0 saturated carbocycles. The second-order valence-corrected chi connectivity index (χ2v) is 10.2. The zero-order valence-corrected chi connectivity index (χ0v) is 20.5. The second-order valence-electron chi connectivity index (χ2n) is 8.23.